The summed E-state index contributed by atoms with van der Waals surface area (Å²) >= 11 is 4.08. The molecule has 1 aliphatic heterocycles. The van der Waals surface area contributed by atoms with E-state index in [1.54, 1.807) is 6.26 Å². The number of nitrogens with one attached hydrogen (secondary N) is 1. The third-order valence-electron chi connectivity index (χ3n) is 4.17. The molecule has 0 bridgehead atoms. The molecular formula is C18H34N4O4SV. The van der Waals surface area contributed by atoms with Gasteiger partial charge in [0.05, 0.1) is 19.6 Å². The van der Waals surface area contributed by atoms with Crippen LogP contribution in [0.15, 0.2) is 0 Å². The Morgan fingerprint density at radius 2 is 1.36 bits per heavy atom. The molecule has 1 saturated heterocycles. The van der Waals surface area contributed by atoms with Crippen molar-refractivity contribution in [3.63, 3.8) is 0 Å². The maximum absolute atomic E-state index is 12.0. The smallest absolute Gasteiger partial charge is 0.796 e. The largest absolute Gasteiger partial charge is 2.00 e. The van der Waals surface area contributed by atoms with Crippen LogP contribution < -0.4 is 5.32 Å². The second-order valence-electron chi connectivity index (χ2n) is 6.36. The van der Waals surface area contributed by atoms with Crippen LogP contribution in [0.5, 0.6) is 0 Å². The van der Waals surface area contributed by atoms with Gasteiger partial charge in [0.2, 0.25) is 5.91 Å². The van der Waals surface area contributed by atoms with E-state index in [9.17, 15) is 14.4 Å². The van der Waals surface area contributed by atoms with Crippen molar-refractivity contribution in [3.05, 3.63) is 6.92 Å². The number of nitrogens with zero attached hydrogens (tertiary/aromatic N) is 3. The first-order valence-electron chi connectivity index (χ1n) is 9.32. The van der Waals surface area contributed by atoms with E-state index in [1.165, 1.54) is 0 Å². The average molecular weight is 454 g/mol. The number of carboxylic acids is 1. The topological polar surface area (TPSA) is 93.2 Å². The first kappa shape index (κ1) is 29.6. The van der Waals surface area contributed by atoms with Crippen molar-refractivity contribution in [2.45, 2.75) is 19.8 Å². The van der Waals surface area contributed by atoms with Crippen LogP contribution >= 0.6 is 0 Å². The predicted octanol–water partition coefficient (Wildman–Crippen LogP) is -0.529. The summed E-state index contributed by atoms with van der Waals surface area (Å²) in [6, 6.07) is 0. The van der Waals surface area contributed by atoms with Gasteiger partial charge in [-0.1, -0.05) is 6.92 Å². The van der Waals surface area contributed by atoms with Crippen molar-refractivity contribution in [2.24, 2.45) is 0 Å². The fourth-order valence-electron chi connectivity index (χ4n) is 2.86. The summed E-state index contributed by atoms with van der Waals surface area (Å²) in [4.78, 5) is 40.8. The zero-order valence-corrected chi connectivity index (χ0v) is 19.3. The van der Waals surface area contributed by atoms with Crippen LogP contribution in [0.1, 0.15) is 19.8 Å². The number of aliphatic carboxylic acids is 1. The van der Waals surface area contributed by atoms with E-state index in [4.69, 9.17) is 5.11 Å². The number of ketones is 1. The fourth-order valence-corrected chi connectivity index (χ4v) is 2.86. The van der Waals surface area contributed by atoms with Gasteiger partial charge in [0.1, 0.15) is 5.78 Å². The Bertz CT molecular complexity index is 425. The predicted molar refractivity (Wildman–Crippen MR) is 109 cm³/mol. The first-order chi connectivity index (χ1) is 12.9. The van der Waals surface area contributed by atoms with E-state index < -0.39 is 5.97 Å². The van der Waals surface area contributed by atoms with E-state index in [1.807, 2.05) is 16.7 Å². The molecule has 0 unspecified atom stereocenters. The van der Waals surface area contributed by atoms with Gasteiger partial charge in [-0.15, -0.1) is 6.54 Å². The second kappa shape index (κ2) is 18.5. The number of Topliss-reactive ketones (excluding diaryl/α,β-unsaturated/α-hetero) is 1. The van der Waals surface area contributed by atoms with Crippen LogP contribution in [0.4, 0.5) is 0 Å². The summed E-state index contributed by atoms with van der Waals surface area (Å²) in [6.45, 7) is 10.4. The van der Waals surface area contributed by atoms with Gasteiger partial charge < -0.3 is 30.0 Å². The summed E-state index contributed by atoms with van der Waals surface area (Å²) in [6.07, 6.45) is 2.97. The molecular weight excluding hydrogens is 419 g/mol. The Balaban J connectivity index is 0. The van der Waals surface area contributed by atoms with Crippen molar-refractivity contribution in [3.8, 4) is 0 Å². The van der Waals surface area contributed by atoms with Crippen LogP contribution in [0.3, 0.4) is 0 Å². The molecule has 0 atom stereocenters. The summed E-state index contributed by atoms with van der Waals surface area (Å²) in [7, 11) is 0. The summed E-state index contributed by atoms with van der Waals surface area (Å²) < 4.78 is 0. The van der Waals surface area contributed by atoms with Crippen LogP contribution in [0, 0.1) is 6.92 Å². The van der Waals surface area contributed by atoms with Gasteiger partial charge in [0.15, 0.2) is 0 Å². The van der Waals surface area contributed by atoms with Crippen molar-refractivity contribution in [1.82, 2.24) is 20.0 Å². The number of hydrogen-bond acceptors (Lipinski definition) is 7. The molecule has 1 aliphatic rings. The SMILES string of the molecule is C[S-].[CH2-]CNC(=O)CN1CCN(CC(=O)O)CCN(CC(=O)CCC)CC1.[V+2]. The molecule has 1 radical (unpaired) electrons. The number of carboxylic acid groups (broad SMARTS) is 1. The molecule has 28 heavy (non-hydrogen) atoms. The molecule has 8 nitrogen and oxygen atoms in total. The molecule has 0 aromatic carbocycles. The zero-order valence-electron chi connectivity index (χ0n) is 17.1. The van der Waals surface area contributed by atoms with Gasteiger partial charge in [-0.2, -0.15) is 6.26 Å². The monoisotopic (exact) mass is 453 g/mol. The number of carbonyl (C=O) groups excluding carboxylic acids is 2. The number of rotatable bonds is 9. The van der Waals surface area contributed by atoms with Crippen LogP contribution in [0.25, 0.3) is 0 Å². The van der Waals surface area contributed by atoms with Crippen molar-refractivity contribution >= 4 is 30.3 Å². The van der Waals surface area contributed by atoms with E-state index in [0.717, 1.165) is 6.42 Å². The summed E-state index contributed by atoms with van der Waals surface area (Å²) in [5.74, 6) is -0.755. The van der Waals surface area contributed by atoms with Crippen LogP contribution in [-0.4, -0.2) is 109 Å². The van der Waals surface area contributed by atoms with E-state index in [-0.39, 0.29) is 43.3 Å². The number of amides is 1. The van der Waals surface area contributed by atoms with Crippen molar-refractivity contribution in [1.29, 1.82) is 0 Å². The Hall–Kier alpha value is -0.576. The molecule has 1 fully saturated rings. The minimum atomic E-state index is -0.866. The molecule has 0 aromatic heterocycles. The maximum Gasteiger partial charge on any atom is 2.00 e. The van der Waals surface area contributed by atoms with Gasteiger partial charge in [0, 0.05) is 45.7 Å². The van der Waals surface area contributed by atoms with Gasteiger partial charge in [-0.3, -0.25) is 29.1 Å². The molecule has 0 spiro atoms. The molecule has 2 N–H and O–H groups in total. The fraction of sp³-hybridized carbons (Fsp3) is 0.778. The molecule has 161 valence electrons. The standard InChI is InChI=1S/C17H31N4O4.CH4S.V/c1-3-5-15(22)12-19-6-8-20(13-16(23)18-4-2)9-11-21(10-7-19)14-17(24)25;1-2;/h2-14H2,1H3,(H,18,23)(H,24,25);2H,1H3;/q-1;;+2/p-1. The van der Waals surface area contributed by atoms with E-state index in [0.29, 0.717) is 58.8 Å². The normalized spacial score (nSPS) is 16.4. The molecule has 1 amide bonds. The minimum Gasteiger partial charge on any atom is -0.796 e. The molecule has 1 rings (SSSR count). The number of hydrogen-bond donors (Lipinski definition) is 2. The maximum atomic E-state index is 12.0. The second-order valence-corrected chi connectivity index (χ2v) is 6.36. The summed E-state index contributed by atoms with van der Waals surface area (Å²) in [5, 5.41) is 11.7. The molecule has 0 aliphatic carbocycles. The Morgan fingerprint density at radius 1 is 0.929 bits per heavy atom. The van der Waals surface area contributed by atoms with E-state index >= 15 is 0 Å². The minimum absolute atomic E-state index is 0. The van der Waals surface area contributed by atoms with Gasteiger partial charge in [0.25, 0.3) is 0 Å². The van der Waals surface area contributed by atoms with Gasteiger partial charge in [-0.05, 0) is 6.42 Å². The third kappa shape index (κ3) is 14.4. The molecule has 10 heteroatoms. The first-order valence-corrected chi connectivity index (χ1v) is 10.1. The third-order valence-corrected chi connectivity index (χ3v) is 4.17. The molecule has 1 heterocycles. The van der Waals surface area contributed by atoms with Crippen LogP contribution in [0.2, 0.25) is 0 Å². The van der Waals surface area contributed by atoms with Crippen molar-refractivity contribution < 1.29 is 38.0 Å². The van der Waals surface area contributed by atoms with Gasteiger partial charge in [-0.25, -0.2) is 0 Å². The Morgan fingerprint density at radius 3 is 1.75 bits per heavy atom. The zero-order chi connectivity index (χ0) is 20.7. The Kier molecular flexibility index (Phi) is 19.5. The van der Waals surface area contributed by atoms with E-state index in [2.05, 4.69) is 29.8 Å². The Labute approximate surface area is 186 Å². The quantitative estimate of drug-likeness (QED) is 0.356. The van der Waals surface area contributed by atoms with Crippen LogP contribution in [-0.2, 0) is 45.6 Å². The number of carbonyl (C=O) groups is 3. The average Bonchev–Trinajstić information content (AvgIpc) is 2.70. The van der Waals surface area contributed by atoms with Gasteiger partial charge >= 0.3 is 24.5 Å². The van der Waals surface area contributed by atoms with Crippen molar-refractivity contribution in [2.75, 3.05) is 71.7 Å². The summed E-state index contributed by atoms with van der Waals surface area (Å²) in [5.41, 5.74) is 0. The molecule has 0 aromatic rings. The molecule has 0 saturated carbocycles.